The highest BCUT2D eigenvalue weighted by molar-refractivity contribution is 5.83. The highest BCUT2D eigenvalue weighted by Crippen LogP contribution is 2.34. The molecule has 0 saturated carbocycles. The summed E-state index contributed by atoms with van der Waals surface area (Å²) < 4.78 is 10.9. The third-order valence-corrected chi connectivity index (χ3v) is 7.60. The van der Waals surface area contributed by atoms with Crippen LogP contribution in [0.5, 0.6) is 11.5 Å². The van der Waals surface area contributed by atoms with Crippen molar-refractivity contribution in [2.75, 3.05) is 6.79 Å². The fourth-order valence-electron chi connectivity index (χ4n) is 5.18. The molecule has 0 fully saturated rings. The molecule has 0 bridgehead atoms. The zero-order chi connectivity index (χ0) is 25.4. The second-order valence-corrected chi connectivity index (χ2v) is 11.4. The quantitative estimate of drug-likeness (QED) is 0.275. The molecule has 1 aromatic carbocycles. The van der Waals surface area contributed by atoms with Crippen molar-refractivity contribution in [2.24, 2.45) is 17.8 Å². The minimum absolute atomic E-state index is 0.0886. The molecule has 3 rings (SSSR count). The van der Waals surface area contributed by atoms with E-state index in [4.69, 9.17) is 9.47 Å². The molecule has 4 heteroatoms. The van der Waals surface area contributed by atoms with Crippen LogP contribution < -0.4 is 14.9 Å². The fraction of sp³-hybridized carbons (Fsp3) is 0.645. The van der Waals surface area contributed by atoms with E-state index in [-0.39, 0.29) is 12.2 Å². The maximum absolute atomic E-state index is 13.2. The number of benzene rings is 1. The zero-order valence-corrected chi connectivity index (χ0v) is 23.0. The summed E-state index contributed by atoms with van der Waals surface area (Å²) in [6.45, 7) is 13.9. The normalized spacial score (nSPS) is 15.2. The van der Waals surface area contributed by atoms with Crippen molar-refractivity contribution in [3.63, 3.8) is 0 Å². The molecule has 0 aliphatic carbocycles. The Balaban J connectivity index is 1.42. The smallest absolute Gasteiger partial charge is 0.231 e. The zero-order valence-electron chi connectivity index (χ0n) is 23.0. The Morgan fingerprint density at radius 1 is 0.943 bits per heavy atom. The van der Waals surface area contributed by atoms with Crippen LogP contribution in [0, 0.1) is 24.7 Å². The van der Waals surface area contributed by atoms with Gasteiger partial charge in [-0.15, -0.1) is 0 Å². The number of hydrogen-bond donors (Lipinski definition) is 1. The number of aromatic nitrogens is 1. The summed E-state index contributed by atoms with van der Waals surface area (Å²) in [4.78, 5) is 16.5. The first kappa shape index (κ1) is 27.4. The van der Waals surface area contributed by atoms with Crippen molar-refractivity contribution < 1.29 is 9.47 Å². The molecular formula is C31H47NO3. The van der Waals surface area contributed by atoms with Crippen LogP contribution in [0.1, 0.15) is 104 Å². The molecule has 2 atom stereocenters. The largest absolute Gasteiger partial charge is 0.454 e. The third-order valence-electron chi connectivity index (χ3n) is 7.60. The molecule has 1 N–H and O–H groups in total. The number of aryl methyl sites for hydroxylation is 1. The van der Waals surface area contributed by atoms with Gasteiger partial charge in [0.15, 0.2) is 16.9 Å². The Labute approximate surface area is 212 Å². The number of fused-ring (bicyclic) bond motifs is 2. The van der Waals surface area contributed by atoms with Gasteiger partial charge in [0.2, 0.25) is 6.79 Å². The van der Waals surface area contributed by atoms with Crippen molar-refractivity contribution in [1.82, 2.24) is 4.98 Å². The molecule has 194 valence electrons. The highest BCUT2D eigenvalue weighted by atomic mass is 16.7. The first-order valence-electron chi connectivity index (χ1n) is 13.8. The van der Waals surface area contributed by atoms with Gasteiger partial charge in [-0.3, -0.25) is 4.79 Å². The van der Waals surface area contributed by atoms with Crippen LogP contribution in [0.15, 0.2) is 28.6 Å². The van der Waals surface area contributed by atoms with Gasteiger partial charge in [0.1, 0.15) is 0 Å². The maximum atomic E-state index is 13.2. The van der Waals surface area contributed by atoms with Gasteiger partial charge in [-0.1, -0.05) is 84.3 Å². The summed E-state index contributed by atoms with van der Waals surface area (Å²) in [7, 11) is 0. The second-order valence-electron chi connectivity index (χ2n) is 11.4. The summed E-state index contributed by atoms with van der Waals surface area (Å²) in [5, 5.41) is 0.670. The minimum atomic E-state index is 0.0886. The van der Waals surface area contributed by atoms with Crippen molar-refractivity contribution in [2.45, 2.75) is 106 Å². The average molecular weight is 482 g/mol. The Kier molecular flexibility index (Phi) is 10.3. The van der Waals surface area contributed by atoms with Crippen LogP contribution in [-0.4, -0.2) is 11.8 Å². The number of ether oxygens (including phenoxy) is 2. The lowest BCUT2D eigenvalue weighted by atomic mass is 9.91. The number of hydrogen-bond acceptors (Lipinski definition) is 3. The van der Waals surface area contributed by atoms with Gasteiger partial charge in [0, 0.05) is 22.7 Å². The molecule has 2 aromatic rings. The molecule has 2 heterocycles. The van der Waals surface area contributed by atoms with E-state index in [0.717, 1.165) is 40.9 Å². The minimum Gasteiger partial charge on any atom is -0.454 e. The van der Waals surface area contributed by atoms with Crippen LogP contribution in [0.2, 0.25) is 0 Å². The van der Waals surface area contributed by atoms with E-state index < -0.39 is 0 Å². The number of nitrogens with one attached hydrogen (secondary N) is 1. The van der Waals surface area contributed by atoms with Crippen LogP contribution in [0.4, 0.5) is 0 Å². The van der Waals surface area contributed by atoms with Gasteiger partial charge in [0.05, 0.1) is 5.52 Å². The number of aromatic amines is 1. The number of H-pyrrole nitrogens is 1. The molecule has 1 aromatic heterocycles. The fourth-order valence-corrected chi connectivity index (χ4v) is 5.18. The summed E-state index contributed by atoms with van der Waals surface area (Å²) >= 11 is 0. The van der Waals surface area contributed by atoms with E-state index in [1.807, 2.05) is 19.1 Å². The Bertz CT molecular complexity index is 1050. The Morgan fingerprint density at radius 3 is 2.20 bits per heavy atom. The van der Waals surface area contributed by atoms with E-state index in [1.54, 1.807) is 0 Å². The van der Waals surface area contributed by atoms with Gasteiger partial charge in [0.25, 0.3) is 0 Å². The molecule has 0 radical (unpaired) electrons. The van der Waals surface area contributed by atoms with Gasteiger partial charge in [-0.05, 0) is 56.9 Å². The van der Waals surface area contributed by atoms with Crippen LogP contribution in [0.25, 0.3) is 10.9 Å². The molecule has 2 unspecified atom stereocenters. The van der Waals surface area contributed by atoms with E-state index >= 15 is 0 Å². The van der Waals surface area contributed by atoms with Gasteiger partial charge >= 0.3 is 0 Å². The van der Waals surface area contributed by atoms with Crippen molar-refractivity contribution >= 4 is 10.9 Å². The topological polar surface area (TPSA) is 51.3 Å². The lowest BCUT2D eigenvalue weighted by Gasteiger charge is -2.15. The molecule has 4 nitrogen and oxygen atoms in total. The van der Waals surface area contributed by atoms with E-state index in [9.17, 15) is 4.79 Å². The summed E-state index contributed by atoms with van der Waals surface area (Å²) in [5.41, 5.74) is 4.04. The molecular weight excluding hydrogens is 434 g/mol. The molecule has 0 saturated heterocycles. The molecule has 35 heavy (non-hydrogen) atoms. The first-order chi connectivity index (χ1) is 16.7. The van der Waals surface area contributed by atoms with Crippen LogP contribution in [-0.2, 0) is 6.42 Å². The molecule has 1 aliphatic heterocycles. The van der Waals surface area contributed by atoms with E-state index in [1.165, 1.54) is 56.9 Å². The van der Waals surface area contributed by atoms with Gasteiger partial charge in [-0.25, -0.2) is 0 Å². The van der Waals surface area contributed by atoms with Crippen molar-refractivity contribution in [3.8, 4) is 11.5 Å². The number of pyridine rings is 1. The maximum Gasteiger partial charge on any atom is 0.231 e. The molecule has 0 amide bonds. The molecule has 0 spiro atoms. The highest BCUT2D eigenvalue weighted by Gasteiger charge is 2.17. The number of rotatable bonds is 14. The van der Waals surface area contributed by atoms with Crippen LogP contribution in [0.3, 0.4) is 0 Å². The summed E-state index contributed by atoms with van der Waals surface area (Å²) in [6, 6.07) is 3.68. The number of allylic oxidation sites excluding steroid dienone is 2. The lowest BCUT2D eigenvalue weighted by Crippen LogP contribution is -2.13. The lowest BCUT2D eigenvalue weighted by molar-refractivity contribution is 0.174. The standard InChI is InChI=1S/C31H47NO3/c1-21(2)10-7-11-22(3)12-8-13-23(4)14-9-15-24(5)16-17-26-25(6)32-28-19-30-29(34-20-35-30)18-27(28)31(26)33/h16,18-19,21-23H,7-15,17,20H2,1-6H3,(H,32,33)/b24-16+. The molecule has 1 aliphatic rings. The monoisotopic (exact) mass is 481 g/mol. The Morgan fingerprint density at radius 2 is 1.54 bits per heavy atom. The van der Waals surface area contributed by atoms with E-state index in [0.29, 0.717) is 23.3 Å². The Hall–Kier alpha value is -2.23. The average Bonchev–Trinajstić information content (AvgIpc) is 3.25. The predicted octanol–water partition coefficient (Wildman–Crippen LogP) is 8.49. The third kappa shape index (κ3) is 8.15. The first-order valence-corrected chi connectivity index (χ1v) is 13.8. The van der Waals surface area contributed by atoms with E-state index in [2.05, 4.69) is 45.7 Å². The second kappa shape index (κ2) is 13.2. The SMILES string of the molecule is C/C(=C\Cc1c(C)[nH]c2cc3c(cc2c1=O)OCO3)CCCC(C)CCCC(C)CCCC(C)C. The predicted molar refractivity (Wildman–Crippen MR) is 148 cm³/mol. The van der Waals surface area contributed by atoms with Crippen molar-refractivity contribution in [3.05, 3.63) is 45.3 Å². The van der Waals surface area contributed by atoms with Gasteiger partial charge in [-0.2, -0.15) is 0 Å². The summed E-state index contributed by atoms with van der Waals surface area (Å²) in [5.74, 6) is 3.85. The van der Waals surface area contributed by atoms with Crippen LogP contribution >= 0.6 is 0 Å². The van der Waals surface area contributed by atoms with Crippen molar-refractivity contribution in [1.29, 1.82) is 0 Å². The summed E-state index contributed by atoms with van der Waals surface area (Å²) in [6.07, 6.45) is 14.8. The van der Waals surface area contributed by atoms with Gasteiger partial charge < -0.3 is 14.5 Å².